The highest BCUT2D eigenvalue weighted by atomic mass is 16.5. The Kier molecular flexibility index (Phi) is 5.15. The fraction of sp³-hybridized carbons (Fsp3) is 0.462. The number of carbonyl (C=O) groups is 1. The van der Waals surface area contributed by atoms with Crippen LogP contribution in [-0.4, -0.2) is 25.0 Å². The van der Waals surface area contributed by atoms with E-state index in [0.717, 1.165) is 12.0 Å². The van der Waals surface area contributed by atoms with Gasteiger partial charge in [0.05, 0.1) is 6.61 Å². The third kappa shape index (κ3) is 4.13. The van der Waals surface area contributed by atoms with E-state index in [9.17, 15) is 4.79 Å². The van der Waals surface area contributed by atoms with Crippen LogP contribution in [0.5, 0.6) is 0 Å². The van der Waals surface area contributed by atoms with Gasteiger partial charge in [0.15, 0.2) is 5.78 Å². The van der Waals surface area contributed by atoms with Gasteiger partial charge in [-0.3, -0.25) is 4.79 Å². The summed E-state index contributed by atoms with van der Waals surface area (Å²) in [7, 11) is 0. The first-order valence-electron chi connectivity index (χ1n) is 5.56. The van der Waals surface area contributed by atoms with Crippen LogP contribution >= 0.6 is 0 Å². The first-order valence-corrected chi connectivity index (χ1v) is 5.56. The van der Waals surface area contributed by atoms with E-state index >= 15 is 0 Å². The fourth-order valence-electron chi connectivity index (χ4n) is 1.24. The Hall–Kier alpha value is -1.19. The van der Waals surface area contributed by atoms with Crippen LogP contribution in [0.3, 0.4) is 0 Å². The summed E-state index contributed by atoms with van der Waals surface area (Å²) in [6.45, 7) is 4.53. The molecule has 88 valence electrons. The number of benzene rings is 1. The summed E-state index contributed by atoms with van der Waals surface area (Å²) in [4.78, 5) is 11.7. The standard InChI is InChI=1S/C13H19NO2/c1-3-12(14)8-16-9-13(15)11-6-4-10(2)5-7-11/h4-7,12H,3,8-9,14H2,1-2H3. The molecule has 16 heavy (non-hydrogen) atoms. The molecule has 0 saturated carbocycles. The second kappa shape index (κ2) is 6.40. The largest absolute Gasteiger partial charge is 0.372 e. The van der Waals surface area contributed by atoms with Gasteiger partial charge in [0.1, 0.15) is 6.61 Å². The highest BCUT2D eigenvalue weighted by Gasteiger charge is 2.06. The zero-order valence-electron chi connectivity index (χ0n) is 9.90. The van der Waals surface area contributed by atoms with Gasteiger partial charge in [0.25, 0.3) is 0 Å². The summed E-state index contributed by atoms with van der Waals surface area (Å²) in [5.41, 5.74) is 7.52. The van der Waals surface area contributed by atoms with E-state index in [1.54, 1.807) is 0 Å². The Bertz CT molecular complexity index is 332. The predicted octanol–water partition coefficient (Wildman–Crippen LogP) is 1.93. The molecule has 2 N–H and O–H groups in total. The maximum atomic E-state index is 11.7. The highest BCUT2D eigenvalue weighted by molar-refractivity contribution is 5.97. The van der Waals surface area contributed by atoms with Gasteiger partial charge >= 0.3 is 0 Å². The molecule has 0 amide bonds. The van der Waals surface area contributed by atoms with E-state index in [2.05, 4.69) is 0 Å². The lowest BCUT2D eigenvalue weighted by molar-refractivity contribution is 0.0731. The molecule has 1 atom stereocenters. The molecule has 3 heteroatoms. The molecule has 0 saturated heterocycles. The minimum atomic E-state index is 0.00306. The number of hydrogen-bond donors (Lipinski definition) is 1. The Morgan fingerprint density at radius 2 is 2.00 bits per heavy atom. The molecule has 1 aromatic carbocycles. The fourth-order valence-corrected chi connectivity index (χ4v) is 1.24. The topological polar surface area (TPSA) is 52.3 Å². The number of hydrogen-bond acceptors (Lipinski definition) is 3. The van der Waals surface area contributed by atoms with Gasteiger partial charge < -0.3 is 10.5 Å². The third-order valence-corrected chi connectivity index (χ3v) is 2.46. The van der Waals surface area contributed by atoms with Crippen molar-refractivity contribution in [2.75, 3.05) is 13.2 Å². The second-order valence-corrected chi connectivity index (χ2v) is 3.97. The molecule has 0 aliphatic heterocycles. The van der Waals surface area contributed by atoms with Crippen molar-refractivity contribution in [3.05, 3.63) is 35.4 Å². The first-order chi connectivity index (χ1) is 7.63. The van der Waals surface area contributed by atoms with Crippen molar-refractivity contribution < 1.29 is 9.53 Å². The zero-order valence-corrected chi connectivity index (χ0v) is 9.90. The molecule has 1 rings (SSSR count). The molecule has 0 radical (unpaired) electrons. The summed E-state index contributed by atoms with van der Waals surface area (Å²) in [6, 6.07) is 7.50. The van der Waals surface area contributed by atoms with E-state index < -0.39 is 0 Å². The van der Waals surface area contributed by atoms with E-state index in [-0.39, 0.29) is 18.4 Å². The molecule has 0 fully saturated rings. The molecular formula is C13H19NO2. The quantitative estimate of drug-likeness (QED) is 0.747. The van der Waals surface area contributed by atoms with Gasteiger partial charge in [0.2, 0.25) is 0 Å². The number of nitrogens with two attached hydrogens (primary N) is 1. The van der Waals surface area contributed by atoms with Gasteiger partial charge in [0, 0.05) is 11.6 Å². The summed E-state index contributed by atoms with van der Waals surface area (Å²) in [5.74, 6) is 0.00306. The predicted molar refractivity (Wildman–Crippen MR) is 64.6 cm³/mol. The second-order valence-electron chi connectivity index (χ2n) is 3.97. The third-order valence-electron chi connectivity index (χ3n) is 2.46. The Morgan fingerprint density at radius 1 is 1.38 bits per heavy atom. The van der Waals surface area contributed by atoms with Crippen molar-refractivity contribution in [3.8, 4) is 0 Å². The van der Waals surface area contributed by atoms with Gasteiger partial charge in [-0.1, -0.05) is 36.8 Å². The molecule has 1 aromatic rings. The maximum Gasteiger partial charge on any atom is 0.188 e. The van der Waals surface area contributed by atoms with Gasteiger partial charge in [-0.25, -0.2) is 0 Å². The molecule has 0 aliphatic carbocycles. The van der Waals surface area contributed by atoms with Crippen LogP contribution < -0.4 is 5.73 Å². The summed E-state index contributed by atoms with van der Waals surface area (Å²) < 4.78 is 5.26. The highest BCUT2D eigenvalue weighted by Crippen LogP contribution is 2.04. The Morgan fingerprint density at radius 3 is 2.56 bits per heavy atom. The molecular weight excluding hydrogens is 202 g/mol. The van der Waals surface area contributed by atoms with Gasteiger partial charge in [-0.15, -0.1) is 0 Å². The van der Waals surface area contributed by atoms with Crippen LogP contribution in [0.2, 0.25) is 0 Å². The van der Waals surface area contributed by atoms with Crippen molar-refractivity contribution in [1.82, 2.24) is 0 Å². The number of ether oxygens (including phenoxy) is 1. The van der Waals surface area contributed by atoms with E-state index in [4.69, 9.17) is 10.5 Å². The van der Waals surface area contributed by atoms with E-state index in [0.29, 0.717) is 12.2 Å². The molecule has 0 spiro atoms. The minimum Gasteiger partial charge on any atom is -0.372 e. The van der Waals surface area contributed by atoms with Crippen molar-refractivity contribution in [2.24, 2.45) is 5.73 Å². The SMILES string of the molecule is CCC(N)COCC(=O)c1ccc(C)cc1. The van der Waals surface area contributed by atoms with E-state index in [1.807, 2.05) is 38.1 Å². The summed E-state index contributed by atoms with van der Waals surface area (Å²) >= 11 is 0. The molecule has 0 aliphatic rings. The lowest BCUT2D eigenvalue weighted by Crippen LogP contribution is -2.26. The summed E-state index contributed by atoms with van der Waals surface area (Å²) in [6.07, 6.45) is 0.860. The molecule has 0 aromatic heterocycles. The van der Waals surface area contributed by atoms with Gasteiger partial charge in [-0.2, -0.15) is 0 Å². The van der Waals surface area contributed by atoms with Crippen molar-refractivity contribution in [2.45, 2.75) is 26.3 Å². The van der Waals surface area contributed by atoms with Crippen molar-refractivity contribution >= 4 is 5.78 Å². The first kappa shape index (κ1) is 12.9. The molecule has 3 nitrogen and oxygen atoms in total. The van der Waals surface area contributed by atoms with E-state index in [1.165, 1.54) is 0 Å². The van der Waals surface area contributed by atoms with Crippen LogP contribution in [0.4, 0.5) is 0 Å². The van der Waals surface area contributed by atoms with Crippen LogP contribution in [0, 0.1) is 6.92 Å². The number of rotatable bonds is 6. The summed E-state index contributed by atoms with van der Waals surface area (Å²) in [5, 5.41) is 0. The number of Topliss-reactive ketones (excluding diaryl/α,β-unsaturated/α-hetero) is 1. The zero-order chi connectivity index (χ0) is 12.0. The average Bonchev–Trinajstić information content (AvgIpc) is 2.29. The molecule has 1 unspecified atom stereocenters. The number of ketones is 1. The van der Waals surface area contributed by atoms with Crippen molar-refractivity contribution in [1.29, 1.82) is 0 Å². The lowest BCUT2D eigenvalue weighted by Gasteiger charge is -2.08. The average molecular weight is 221 g/mol. The van der Waals surface area contributed by atoms with Crippen LogP contribution in [-0.2, 0) is 4.74 Å². The normalized spacial score (nSPS) is 12.4. The molecule has 0 heterocycles. The Balaban J connectivity index is 2.38. The maximum absolute atomic E-state index is 11.7. The smallest absolute Gasteiger partial charge is 0.188 e. The van der Waals surface area contributed by atoms with Crippen LogP contribution in [0.1, 0.15) is 29.3 Å². The van der Waals surface area contributed by atoms with Crippen molar-refractivity contribution in [3.63, 3.8) is 0 Å². The minimum absolute atomic E-state index is 0.00306. The number of carbonyl (C=O) groups excluding carboxylic acids is 1. The van der Waals surface area contributed by atoms with Crippen LogP contribution in [0.25, 0.3) is 0 Å². The van der Waals surface area contributed by atoms with Gasteiger partial charge in [-0.05, 0) is 13.3 Å². The monoisotopic (exact) mass is 221 g/mol. The Labute approximate surface area is 96.6 Å². The lowest BCUT2D eigenvalue weighted by atomic mass is 10.1. The molecule has 0 bridgehead atoms. The number of aryl methyl sites for hydroxylation is 1. The van der Waals surface area contributed by atoms with Crippen LogP contribution in [0.15, 0.2) is 24.3 Å².